The summed E-state index contributed by atoms with van der Waals surface area (Å²) in [5, 5.41) is 16.1. The van der Waals surface area contributed by atoms with Gasteiger partial charge in [-0.15, -0.1) is 0 Å². The summed E-state index contributed by atoms with van der Waals surface area (Å²) >= 11 is 1.92. The van der Waals surface area contributed by atoms with E-state index in [9.17, 15) is 43.2 Å². The molecule has 125 heavy (non-hydrogen) atoms. The van der Waals surface area contributed by atoms with Crippen LogP contribution in [0.3, 0.4) is 0 Å². The van der Waals surface area contributed by atoms with E-state index in [2.05, 4.69) is 102 Å². The quantitative estimate of drug-likeness (QED) is 0.0176. The van der Waals surface area contributed by atoms with E-state index < -0.39 is 17.1 Å². The third kappa shape index (κ3) is 41.6. The Kier molecular flexibility index (Phi) is 53.9. The van der Waals surface area contributed by atoms with Crippen molar-refractivity contribution in [2.45, 2.75) is 166 Å². The number of hydrogen-bond acceptors (Lipinski definition) is 22. The second-order valence-corrected chi connectivity index (χ2v) is 30.1. The zero-order chi connectivity index (χ0) is 92.6. The van der Waals surface area contributed by atoms with Gasteiger partial charge >= 0.3 is 23.0 Å². The highest BCUT2D eigenvalue weighted by Crippen LogP contribution is 2.25. The monoisotopic (exact) mass is 1750 g/mol. The lowest BCUT2D eigenvalue weighted by atomic mass is 10.0. The maximum atomic E-state index is 13.9. The minimum absolute atomic E-state index is 0.0395. The van der Waals surface area contributed by atoms with Crippen molar-refractivity contribution in [3.05, 3.63) is 234 Å². The van der Waals surface area contributed by atoms with Gasteiger partial charge in [-0.3, -0.25) is 38.7 Å². The third-order valence-electron chi connectivity index (χ3n) is 18.4. The van der Waals surface area contributed by atoms with Gasteiger partial charge in [-0.05, 0) is 201 Å². The molecule has 0 bridgehead atoms. The Balaban J connectivity index is 0.000000410. The topological polar surface area (TPSA) is 347 Å². The number of ether oxygens (including phenoxy) is 10. The number of fused-ring (bicyclic) bond motifs is 1. The van der Waals surface area contributed by atoms with Gasteiger partial charge in [-0.25, -0.2) is 28.1 Å². The summed E-state index contributed by atoms with van der Waals surface area (Å²) in [6, 6.07) is 46.0. The van der Waals surface area contributed by atoms with E-state index in [1.54, 1.807) is 133 Å². The van der Waals surface area contributed by atoms with E-state index >= 15 is 0 Å². The Hall–Kier alpha value is -10.9. The summed E-state index contributed by atoms with van der Waals surface area (Å²) in [5.74, 6) is 1.53. The van der Waals surface area contributed by atoms with Crippen LogP contribution in [0.4, 0.5) is 28.4 Å². The summed E-state index contributed by atoms with van der Waals surface area (Å²) in [6.07, 6.45) is 9.52. The highest BCUT2D eigenvalue weighted by molar-refractivity contribution is 7.99. The summed E-state index contributed by atoms with van der Waals surface area (Å²) in [6.45, 7) is 24.0. The van der Waals surface area contributed by atoms with Crippen LogP contribution >= 0.6 is 11.8 Å². The average molecular weight is 1750 g/mol. The Morgan fingerprint density at radius 2 is 0.816 bits per heavy atom. The van der Waals surface area contributed by atoms with Crippen molar-refractivity contribution in [3.8, 4) is 17.1 Å². The summed E-state index contributed by atoms with van der Waals surface area (Å²) < 4.78 is 52.6. The Morgan fingerprint density at radius 3 is 1.18 bits per heavy atom. The van der Waals surface area contributed by atoms with Gasteiger partial charge in [0, 0.05) is 146 Å². The molecule has 0 saturated carbocycles. The molecule has 0 aliphatic heterocycles. The van der Waals surface area contributed by atoms with Crippen LogP contribution < -0.4 is 43.7 Å². The molecule has 30 heteroatoms. The number of thioether (sulfide) groups is 1. The Bertz CT molecular complexity index is 4600. The van der Waals surface area contributed by atoms with Gasteiger partial charge in [0.25, 0.3) is 0 Å². The largest absolute Gasteiger partial charge is 0.465 e. The number of anilines is 5. The Morgan fingerprint density at radius 1 is 0.416 bits per heavy atom. The number of hydrogen-bond donors (Lipinski definition) is 5. The molecule has 2 atom stereocenters. The molecule has 0 saturated heterocycles. The number of carbonyl (C=O) groups is 6. The van der Waals surface area contributed by atoms with Crippen LogP contribution in [0.5, 0.6) is 0 Å². The van der Waals surface area contributed by atoms with Gasteiger partial charge in [0.05, 0.1) is 98.8 Å². The first-order valence-corrected chi connectivity index (χ1v) is 42.5. The maximum Gasteiger partial charge on any atom is 0.345 e. The lowest BCUT2D eigenvalue weighted by Gasteiger charge is -2.17. The third-order valence-corrected chi connectivity index (χ3v) is 19.5. The molecule has 682 valence electrons. The number of esters is 1. The fraction of sp³-hybridized carbons (Fsp3) is 0.442. The van der Waals surface area contributed by atoms with E-state index in [1.165, 1.54) is 88.4 Å². The number of amides is 5. The van der Waals surface area contributed by atoms with Crippen LogP contribution in [0.1, 0.15) is 150 Å². The lowest BCUT2D eigenvalue weighted by molar-refractivity contribution is -0.145. The van der Waals surface area contributed by atoms with E-state index in [-0.39, 0.29) is 58.7 Å². The molecular weight excluding hydrogens is 1620 g/mol. The van der Waals surface area contributed by atoms with Crippen molar-refractivity contribution in [2.24, 2.45) is 5.92 Å². The number of nitrogens with zero attached hydrogens (tertiary/aromatic N) is 5. The van der Waals surface area contributed by atoms with E-state index in [1.807, 2.05) is 61.2 Å². The summed E-state index contributed by atoms with van der Waals surface area (Å²) in [4.78, 5) is 118. The van der Waals surface area contributed by atoms with E-state index in [0.717, 1.165) is 104 Å². The van der Waals surface area contributed by atoms with E-state index in [0.29, 0.717) is 98.9 Å². The predicted octanol–water partition coefficient (Wildman–Crippen LogP) is 15.6. The van der Waals surface area contributed by atoms with E-state index in [4.69, 9.17) is 37.9 Å². The van der Waals surface area contributed by atoms with Gasteiger partial charge in [-0.1, -0.05) is 94.1 Å². The molecule has 5 N–H and O–H groups in total. The lowest BCUT2D eigenvalue weighted by Crippen LogP contribution is -2.52. The first-order chi connectivity index (χ1) is 60.0. The van der Waals surface area contributed by atoms with Crippen molar-refractivity contribution in [1.29, 1.82) is 0 Å². The maximum absolute atomic E-state index is 13.9. The normalized spacial score (nSPS) is 10.9. The molecule has 0 aliphatic rings. The van der Waals surface area contributed by atoms with Crippen LogP contribution in [-0.4, -0.2) is 174 Å². The molecule has 9 aromatic rings. The zero-order valence-corrected chi connectivity index (χ0v) is 77.4. The van der Waals surface area contributed by atoms with Gasteiger partial charge in [-0.2, -0.15) is 11.8 Å². The highest BCUT2D eigenvalue weighted by atomic mass is 32.2. The van der Waals surface area contributed by atoms with Crippen molar-refractivity contribution in [1.82, 2.24) is 23.7 Å². The van der Waals surface area contributed by atoms with Crippen molar-refractivity contribution >= 4 is 86.5 Å². The van der Waals surface area contributed by atoms with Crippen LogP contribution in [0, 0.1) is 33.6 Å². The molecule has 2 unspecified atom stereocenters. The molecule has 6 aromatic carbocycles. The molecular formula is C95H132N10O19S. The minimum atomic E-state index is -0.911. The number of aryl methyl sites for hydroxylation is 5. The van der Waals surface area contributed by atoms with Gasteiger partial charge < -0.3 is 74.0 Å². The van der Waals surface area contributed by atoms with Crippen molar-refractivity contribution in [3.63, 3.8) is 0 Å². The van der Waals surface area contributed by atoms with Crippen LogP contribution in [0.25, 0.3) is 27.8 Å². The SMILES string of the molecule is CC(=O)Nc1ccc(-n2c(=O)n(-c3ccc(NC(C)=O)c(C)c3)c(=O)n(-c3ccc(NC(C)=O)c(C)c3)c2=O)cc1C.CC(=O)Nc1ccc(NC(C)=O)c(C)c1.CCCCC(CC)COC(=O)CCCCCOC.COCC(CSCCc1cccc2ccccc12)OC.COCCOC.COCc1cccc(COC)n1.COCc1cccc(COC)n1. The molecule has 9 rings (SSSR count). The molecule has 0 spiro atoms. The number of carbonyl (C=O) groups excluding carboxylic acids is 6. The molecule has 0 aliphatic carbocycles. The number of benzene rings is 6. The molecule has 0 fully saturated rings. The Labute approximate surface area is 740 Å². The molecule has 5 amide bonds. The number of methoxy groups -OCH3 is 9. The number of pyridine rings is 2. The van der Waals surface area contributed by atoms with Gasteiger partial charge in [0.15, 0.2) is 0 Å². The van der Waals surface area contributed by atoms with Gasteiger partial charge in [0.2, 0.25) is 29.5 Å². The summed E-state index contributed by atoms with van der Waals surface area (Å²) in [7, 11) is 15.1. The van der Waals surface area contributed by atoms with Crippen LogP contribution in [-0.2, 0) is 109 Å². The second kappa shape index (κ2) is 62.3. The summed E-state index contributed by atoms with van der Waals surface area (Å²) in [5.41, 5.74) is 8.65. The van der Waals surface area contributed by atoms with Crippen LogP contribution in [0.15, 0.2) is 166 Å². The molecule has 3 heterocycles. The fourth-order valence-corrected chi connectivity index (χ4v) is 13.1. The van der Waals surface area contributed by atoms with Crippen molar-refractivity contribution in [2.75, 3.05) is 135 Å². The molecule has 29 nitrogen and oxygen atoms in total. The fourth-order valence-electron chi connectivity index (χ4n) is 12.1. The number of nitrogens with one attached hydrogen (secondary N) is 5. The smallest absolute Gasteiger partial charge is 0.345 e. The molecule has 3 aromatic heterocycles. The standard InChI is InChI=1S/C30H30N6O6.C17H22O2S.C15H30O3.C11H14N2O2.2C9H13NO2.C4H10O2/c1-16-13-22(7-10-25(16)31-19(4)37)34-28(40)35(23-8-11-26(17(2)14-23)32-20(5)38)30(42)36(29(34)41)24-9-12-27(18(3)15-24)33-21(6)39;1-18-12-16(19-2)13-20-11-10-15-8-5-7-14-6-3-4-9-17(14)15;1-4-6-10-14(5-2)13-18-15(16)11-8-7-9-12-17-3;1-7-6-10(12-8(2)14)4-5-11(7)13-9(3)15;2*1-11-6-8-4-3-5-9(10-8)7-12-2;1-5-3-4-6-2/h7-15H,1-6H3,(H,31,37)(H,32,38)(H,33,39);3-9,16H,10-13H2,1-2H3;14H,4-13H2,1-3H3;4-6H,1-3H3,(H,12,14)(H,13,15);2*3-5H,6-7H2,1-2H3;3-4H2,1-2H3. The van der Waals surface area contributed by atoms with Gasteiger partial charge in [0.1, 0.15) is 0 Å². The average Bonchev–Trinajstić information content (AvgIpc) is 0.742. The van der Waals surface area contributed by atoms with Crippen LogP contribution in [0.2, 0.25) is 0 Å². The number of rotatable bonds is 39. The zero-order valence-electron chi connectivity index (χ0n) is 76.6. The highest BCUT2D eigenvalue weighted by Gasteiger charge is 2.22. The minimum Gasteiger partial charge on any atom is -0.465 e. The predicted molar refractivity (Wildman–Crippen MR) is 497 cm³/mol. The first-order valence-electron chi connectivity index (χ1n) is 41.4. The first kappa shape index (κ1) is 108. The molecule has 0 radical (unpaired) electrons. The van der Waals surface area contributed by atoms with Crippen molar-refractivity contribution < 1.29 is 76.1 Å². The number of aromatic nitrogens is 5. The number of unbranched alkanes of at least 4 members (excludes halogenated alkanes) is 3. The second-order valence-electron chi connectivity index (χ2n) is 28.9.